The van der Waals surface area contributed by atoms with Gasteiger partial charge in [-0.1, -0.05) is 0 Å². The Hall–Kier alpha value is 0.671. The minimum absolute atomic E-state index is 0. The van der Waals surface area contributed by atoms with Gasteiger partial charge in [0, 0.05) is 0 Å². The third kappa shape index (κ3) is 140. The molecular formula is H7BMgO4. The molecule has 6 heteroatoms. The fraction of sp³-hybridized carbons (Fsp3) is 0. The molecule has 0 radical (unpaired) electrons. The third-order valence-corrected chi connectivity index (χ3v) is 0. The van der Waals surface area contributed by atoms with Gasteiger partial charge in [0.05, 0.1) is 0 Å². The molecule has 0 heterocycles. The van der Waals surface area contributed by atoms with E-state index in [0.717, 1.165) is 0 Å². The van der Waals surface area contributed by atoms with Gasteiger partial charge in [0.25, 0.3) is 0 Å². The summed E-state index contributed by atoms with van der Waals surface area (Å²) in [5.41, 5.74) is 0. The molecule has 0 aromatic rings. The highest BCUT2D eigenvalue weighted by Gasteiger charge is 1.92. The highest BCUT2D eigenvalue weighted by Crippen LogP contribution is 1.40. The summed E-state index contributed by atoms with van der Waals surface area (Å²) in [7, 11) is -2.17. The van der Waals surface area contributed by atoms with Crippen LogP contribution >= 0.6 is 0 Å². The van der Waals surface area contributed by atoms with Gasteiger partial charge in [-0.05, 0) is 0 Å². The second kappa shape index (κ2) is 9.18. The predicted octanol–water partition coefficient (Wildman–Crippen LogP) is -3.79. The largest absolute Gasteiger partial charge is 0.631 e. The predicted molar refractivity (Wildman–Crippen MR) is 24.6 cm³/mol. The van der Waals surface area contributed by atoms with Crippen LogP contribution < -0.4 is 0 Å². The van der Waals surface area contributed by atoms with Crippen molar-refractivity contribution in [2.24, 2.45) is 0 Å². The normalized spacial score (nSPS) is 4.50. The molecule has 0 aromatic heterocycles. The lowest BCUT2D eigenvalue weighted by Crippen LogP contribution is -2.07. The lowest BCUT2D eigenvalue weighted by molar-refractivity contribution is 0.278. The fourth-order valence-electron chi connectivity index (χ4n) is 0. The quantitative estimate of drug-likeness (QED) is 0.277. The van der Waals surface area contributed by atoms with E-state index in [4.69, 9.17) is 15.1 Å². The summed E-state index contributed by atoms with van der Waals surface area (Å²) in [4.78, 5) is 0. The first-order chi connectivity index (χ1) is 1.73. The molecule has 4 nitrogen and oxygen atoms in total. The summed E-state index contributed by atoms with van der Waals surface area (Å²) in [5, 5.41) is 21.5. The molecule has 0 fully saturated rings. The second-order valence-electron chi connectivity index (χ2n) is 0.346. The summed E-state index contributed by atoms with van der Waals surface area (Å²) in [5.74, 6) is 0. The zero-order valence-corrected chi connectivity index (χ0v) is 2.42. The summed E-state index contributed by atoms with van der Waals surface area (Å²) >= 11 is 0. The van der Waals surface area contributed by atoms with Crippen molar-refractivity contribution in [3.63, 3.8) is 0 Å². The Bertz CT molecular complexity index is 12.3. The topological polar surface area (TPSA) is 92.2 Å². The van der Waals surface area contributed by atoms with Crippen LogP contribution in [0.25, 0.3) is 0 Å². The number of hydrogen-bond donors (Lipinski definition) is 3. The standard InChI is InChI=1S/BH3O3.Mg.H2O.2H/c2-1(3)4;;;;/h2-4H;;1H2;;. The molecule has 0 amide bonds. The Morgan fingerprint density at radius 1 is 1.00 bits per heavy atom. The monoisotopic (exact) mass is 106 g/mol. The molecule has 6 heavy (non-hydrogen) atoms. The molecule has 36 valence electrons. The first kappa shape index (κ1) is 15.9. The van der Waals surface area contributed by atoms with Crippen LogP contribution in [-0.2, 0) is 0 Å². The van der Waals surface area contributed by atoms with Crippen molar-refractivity contribution in [2.75, 3.05) is 0 Å². The molecule has 0 bridgehead atoms. The van der Waals surface area contributed by atoms with Crippen LogP contribution in [0.1, 0.15) is 0 Å². The van der Waals surface area contributed by atoms with Crippen LogP contribution in [0.3, 0.4) is 0 Å². The van der Waals surface area contributed by atoms with Gasteiger partial charge in [-0.2, -0.15) is 0 Å². The van der Waals surface area contributed by atoms with E-state index in [2.05, 4.69) is 0 Å². The molecule has 5 N–H and O–H groups in total. The van der Waals surface area contributed by atoms with Crippen molar-refractivity contribution in [1.29, 1.82) is 0 Å². The van der Waals surface area contributed by atoms with E-state index in [-0.39, 0.29) is 28.5 Å². The van der Waals surface area contributed by atoms with Crippen LogP contribution in [0.15, 0.2) is 0 Å². The van der Waals surface area contributed by atoms with E-state index >= 15 is 0 Å². The van der Waals surface area contributed by atoms with E-state index in [0.29, 0.717) is 0 Å². The van der Waals surface area contributed by atoms with Gasteiger partial charge in [0.15, 0.2) is 0 Å². The molecule has 0 saturated carbocycles. The first-order valence-electron chi connectivity index (χ1n) is 0.775. The molecular weight excluding hydrogens is 99.1 g/mol. The van der Waals surface area contributed by atoms with E-state index in [9.17, 15) is 0 Å². The Morgan fingerprint density at radius 3 is 1.00 bits per heavy atom. The van der Waals surface area contributed by atoms with Gasteiger partial charge in [0.1, 0.15) is 0 Å². The SMILES string of the molecule is O.OB(O)O.[MgH2]. The molecule has 0 atom stereocenters. The molecule has 0 saturated heterocycles. The average Bonchev–Trinajstić information content (AvgIpc) is 0.811. The maximum absolute atomic E-state index is 7.17. The lowest BCUT2D eigenvalue weighted by atomic mass is 10.3. The molecule has 0 aliphatic heterocycles. The molecule has 0 aliphatic rings. The maximum Gasteiger partial charge on any atom is 0.631 e. The molecule has 0 unspecified atom stereocenters. The number of rotatable bonds is 0. The Morgan fingerprint density at radius 2 is 1.00 bits per heavy atom. The average molecular weight is 106 g/mol. The second-order valence-corrected chi connectivity index (χ2v) is 0.346. The van der Waals surface area contributed by atoms with Crippen LogP contribution in [0.5, 0.6) is 0 Å². The molecule has 0 rings (SSSR count). The van der Waals surface area contributed by atoms with Crippen LogP contribution in [0.2, 0.25) is 0 Å². The van der Waals surface area contributed by atoms with Gasteiger partial charge in [-0.3, -0.25) is 0 Å². The fourth-order valence-corrected chi connectivity index (χ4v) is 0. The third-order valence-electron chi connectivity index (χ3n) is 0. The summed E-state index contributed by atoms with van der Waals surface area (Å²) in [6.07, 6.45) is 0. The summed E-state index contributed by atoms with van der Waals surface area (Å²) < 4.78 is 0. The Kier molecular flexibility index (Phi) is 24.4. The zero-order chi connectivity index (χ0) is 3.58. The van der Waals surface area contributed by atoms with Crippen molar-refractivity contribution in [3.05, 3.63) is 0 Å². The van der Waals surface area contributed by atoms with Gasteiger partial charge in [-0.25, -0.2) is 0 Å². The van der Waals surface area contributed by atoms with E-state index in [1.807, 2.05) is 0 Å². The van der Waals surface area contributed by atoms with E-state index < -0.39 is 7.32 Å². The molecule has 0 aliphatic carbocycles. The smallest absolute Gasteiger partial charge is 0.412 e. The van der Waals surface area contributed by atoms with Crippen LogP contribution in [0, 0.1) is 0 Å². The summed E-state index contributed by atoms with van der Waals surface area (Å²) in [6, 6.07) is 0. The van der Waals surface area contributed by atoms with Crippen molar-refractivity contribution < 1.29 is 20.5 Å². The molecule has 0 aromatic carbocycles. The van der Waals surface area contributed by atoms with Crippen molar-refractivity contribution in [3.8, 4) is 0 Å². The van der Waals surface area contributed by atoms with Crippen molar-refractivity contribution in [2.45, 2.75) is 0 Å². The maximum atomic E-state index is 7.17. The van der Waals surface area contributed by atoms with Gasteiger partial charge in [0.2, 0.25) is 0 Å². The van der Waals surface area contributed by atoms with Crippen LogP contribution in [-0.4, -0.2) is 50.9 Å². The Balaban J connectivity index is -0.0000000450. The lowest BCUT2D eigenvalue weighted by Gasteiger charge is -1.69. The molecule has 0 spiro atoms. The van der Waals surface area contributed by atoms with Crippen LogP contribution in [0.4, 0.5) is 0 Å². The van der Waals surface area contributed by atoms with E-state index in [1.54, 1.807) is 0 Å². The first-order valence-corrected chi connectivity index (χ1v) is 0.775. The Labute approximate surface area is 51.4 Å². The summed E-state index contributed by atoms with van der Waals surface area (Å²) in [6.45, 7) is 0. The minimum atomic E-state index is -2.17. The van der Waals surface area contributed by atoms with Gasteiger partial charge in [-0.15, -0.1) is 0 Å². The number of hydrogen-bond acceptors (Lipinski definition) is 3. The highest BCUT2D eigenvalue weighted by atomic mass is 24.3. The minimum Gasteiger partial charge on any atom is -0.412 e. The van der Waals surface area contributed by atoms with Gasteiger partial charge < -0.3 is 20.5 Å². The van der Waals surface area contributed by atoms with Crippen molar-refractivity contribution >= 4 is 30.4 Å². The van der Waals surface area contributed by atoms with Gasteiger partial charge >= 0.3 is 30.4 Å². The highest BCUT2D eigenvalue weighted by molar-refractivity contribution is 6.30. The van der Waals surface area contributed by atoms with E-state index in [1.165, 1.54) is 0 Å². The zero-order valence-electron chi connectivity index (χ0n) is 2.42. The van der Waals surface area contributed by atoms with Crippen molar-refractivity contribution in [1.82, 2.24) is 0 Å².